The van der Waals surface area contributed by atoms with Crippen LogP contribution in [0.3, 0.4) is 0 Å². The van der Waals surface area contributed by atoms with Crippen LogP contribution in [0, 0.1) is 18.4 Å². The van der Waals surface area contributed by atoms with Gasteiger partial charge in [0.2, 0.25) is 0 Å². The maximum atomic E-state index is 11.9. The number of rotatable bonds is 1. The summed E-state index contributed by atoms with van der Waals surface area (Å²) in [6.07, 6.45) is 0.497. The molecule has 2 nitrogen and oxygen atoms in total. The van der Waals surface area contributed by atoms with E-state index in [1.54, 1.807) is 0 Å². The third kappa shape index (κ3) is 1.78. The quantitative estimate of drug-likeness (QED) is 0.639. The molecular formula is C7H4F3N2. The van der Waals surface area contributed by atoms with Crippen molar-refractivity contribution in [1.29, 1.82) is 0 Å². The molecule has 0 aliphatic rings. The molecule has 1 heterocycles. The van der Waals surface area contributed by atoms with Crippen LogP contribution in [0.4, 0.5) is 13.2 Å². The Morgan fingerprint density at radius 1 is 1.58 bits per heavy atom. The third-order valence-electron chi connectivity index (χ3n) is 1.12. The van der Waals surface area contributed by atoms with E-state index >= 15 is 0 Å². The molecular weight excluding hydrogens is 169 g/mol. The molecule has 0 amide bonds. The second kappa shape index (κ2) is 2.89. The minimum absolute atomic E-state index is 0.0725. The molecule has 0 aliphatic carbocycles. The van der Waals surface area contributed by atoms with Gasteiger partial charge in [0.1, 0.15) is 0 Å². The van der Waals surface area contributed by atoms with Gasteiger partial charge in [-0.25, -0.2) is 0 Å². The van der Waals surface area contributed by atoms with Crippen molar-refractivity contribution in [3.05, 3.63) is 17.5 Å². The molecule has 0 spiro atoms. The molecule has 1 aromatic heterocycles. The lowest BCUT2D eigenvalue weighted by Crippen LogP contribution is -2.05. The molecule has 0 aromatic carbocycles. The predicted molar refractivity (Wildman–Crippen MR) is 35.0 cm³/mol. The number of hydrogen-bond donors (Lipinski definition) is 1. The van der Waals surface area contributed by atoms with Gasteiger partial charge in [-0.2, -0.15) is 18.3 Å². The Kier molecular flexibility index (Phi) is 2.09. The molecule has 12 heavy (non-hydrogen) atoms. The standard InChI is InChI=1S/C7H4F3N2/c1-2-3-5-4-6(12-11-5)7(8,9)10/h1H,3H2,(H,11,12). The van der Waals surface area contributed by atoms with Crippen LogP contribution in [-0.4, -0.2) is 10.2 Å². The van der Waals surface area contributed by atoms with Gasteiger partial charge in [-0.05, 0) is 0 Å². The van der Waals surface area contributed by atoms with Crippen LogP contribution < -0.4 is 0 Å². The van der Waals surface area contributed by atoms with Crippen LogP contribution in [0.1, 0.15) is 11.4 Å². The Labute approximate surface area is 66.8 Å². The van der Waals surface area contributed by atoms with E-state index in [-0.39, 0.29) is 12.1 Å². The van der Waals surface area contributed by atoms with E-state index in [0.717, 1.165) is 0 Å². The zero-order valence-corrected chi connectivity index (χ0v) is 5.87. The monoisotopic (exact) mass is 173 g/mol. The van der Waals surface area contributed by atoms with Gasteiger partial charge in [-0.15, -0.1) is 12.3 Å². The normalized spacial score (nSPS) is 11.2. The Morgan fingerprint density at radius 3 is 2.67 bits per heavy atom. The van der Waals surface area contributed by atoms with Crippen LogP contribution in [0.15, 0.2) is 0 Å². The van der Waals surface area contributed by atoms with E-state index in [2.05, 4.69) is 16.1 Å². The summed E-state index contributed by atoms with van der Waals surface area (Å²) < 4.78 is 35.6. The van der Waals surface area contributed by atoms with Crippen molar-refractivity contribution in [2.24, 2.45) is 0 Å². The van der Waals surface area contributed by atoms with Gasteiger partial charge < -0.3 is 0 Å². The molecule has 0 bridgehead atoms. The van der Waals surface area contributed by atoms with Crippen LogP contribution in [0.2, 0.25) is 0 Å². The van der Waals surface area contributed by atoms with Crippen molar-refractivity contribution < 1.29 is 13.2 Å². The van der Waals surface area contributed by atoms with E-state index in [1.807, 2.05) is 6.07 Å². The largest absolute Gasteiger partial charge is 0.435 e. The second-order valence-corrected chi connectivity index (χ2v) is 2.05. The number of aromatic nitrogens is 2. The summed E-state index contributed by atoms with van der Waals surface area (Å²) in [5.41, 5.74) is -0.891. The maximum Gasteiger partial charge on any atom is 0.435 e. The van der Waals surface area contributed by atoms with Gasteiger partial charge in [-0.1, -0.05) is 0 Å². The fraction of sp³-hybridized carbons (Fsp3) is 0.286. The fourth-order valence-corrected chi connectivity index (χ4v) is 0.642. The maximum absolute atomic E-state index is 11.9. The third-order valence-corrected chi connectivity index (χ3v) is 1.12. The van der Waals surface area contributed by atoms with Crippen LogP contribution >= 0.6 is 0 Å². The smallest absolute Gasteiger partial charge is 0.280 e. The van der Waals surface area contributed by atoms with Gasteiger partial charge in [0.05, 0.1) is 12.1 Å². The number of halogens is 3. The lowest BCUT2D eigenvalue weighted by atomic mass is 10.3. The average molecular weight is 173 g/mol. The van der Waals surface area contributed by atoms with Crippen LogP contribution in [-0.2, 0) is 12.6 Å². The summed E-state index contributed by atoms with van der Waals surface area (Å²) in [4.78, 5) is 0. The molecule has 1 rings (SSSR count). The zero-order valence-electron chi connectivity index (χ0n) is 5.87. The van der Waals surface area contributed by atoms with Gasteiger partial charge in [-0.3, -0.25) is 5.10 Å². The Morgan fingerprint density at radius 2 is 2.25 bits per heavy atom. The van der Waals surface area contributed by atoms with Gasteiger partial charge in [0, 0.05) is 6.07 Å². The summed E-state index contributed by atoms with van der Waals surface area (Å²) in [6, 6.07) is 2.02. The molecule has 0 unspecified atom stereocenters. The molecule has 0 saturated carbocycles. The number of nitrogens with one attached hydrogen (secondary N) is 1. The first-order chi connectivity index (χ1) is 5.54. The highest BCUT2D eigenvalue weighted by Gasteiger charge is 2.34. The van der Waals surface area contributed by atoms with Gasteiger partial charge in [0.25, 0.3) is 0 Å². The Bertz CT molecular complexity index is 305. The molecule has 0 saturated heterocycles. The van der Waals surface area contributed by atoms with Gasteiger partial charge in [0.15, 0.2) is 5.69 Å². The van der Waals surface area contributed by atoms with E-state index in [1.165, 1.54) is 0 Å². The topological polar surface area (TPSA) is 28.7 Å². The molecule has 1 N–H and O–H groups in total. The van der Waals surface area contributed by atoms with Crippen LogP contribution in [0.5, 0.6) is 0 Å². The minimum atomic E-state index is -4.46. The zero-order chi connectivity index (χ0) is 9.19. The van der Waals surface area contributed by atoms with Crippen molar-refractivity contribution >= 4 is 0 Å². The van der Waals surface area contributed by atoms with E-state index in [4.69, 9.17) is 6.42 Å². The highest BCUT2D eigenvalue weighted by molar-refractivity contribution is 5.13. The number of hydrogen-bond acceptors (Lipinski definition) is 1. The first kappa shape index (κ1) is 8.65. The molecule has 5 heteroatoms. The first-order valence-corrected chi connectivity index (χ1v) is 3.01. The first-order valence-electron chi connectivity index (χ1n) is 3.01. The molecule has 0 fully saturated rings. The summed E-state index contributed by atoms with van der Waals surface area (Å²) in [5, 5.41) is 5.15. The molecule has 1 aromatic rings. The number of nitrogens with zero attached hydrogens (tertiary/aromatic N) is 1. The number of aromatic amines is 1. The van der Waals surface area contributed by atoms with Gasteiger partial charge >= 0.3 is 6.18 Å². The highest BCUT2D eigenvalue weighted by Crippen LogP contribution is 2.27. The van der Waals surface area contributed by atoms with Crippen molar-refractivity contribution in [1.82, 2.24) is 10.2 Å². The van der Waals surface area contributed by atoms with Crippen LogP contribution in [0.25, 0.3) is 0 Å². The average Bonchev–Trinajstić information content (AvgIpc) is 2.35. The number of terminal acetylenes is 1. The summed E-state index contributed by atoms with van der Waals surface area (Å²) in [6.45, 7) is 0. The molecule has 0 aliphatic heterocycles. The number of alkyl halides is 3. The Balaban J connectivity index is 2.86. The molecule has 1 radical (unpaired) electrons. The van der Waals surface area contributed by atoms with Crippen molar-refractivity contribution in [3.63, 3.8) is 0 Å². The lowest BCUT2D eigenvalue weighted by Gasteiger charge is -1.97. The van der Waals surface area contributed by atoms with E-state index < -0.39 is 11.9 Å². The van der Waals surface area contributed by atoms with Crippen molar-refractivity contribution in [2.45, 2.75) is 12.6 Å². The SMILES string of the molecule is C#CCc1[c]c(C(F)(F)F)n[nH]1. The minimum Gasteiger partial charge on any atom is -0.280 e. The molecule has 63 valence electrons. The van der Waals surface area contributed by atoms with Crippen molar-refractivity contribution in [3.8, 4) is 12.3 Å². The summed E-state index contributed by atoms with van der Waals surface area (Å²) in [7, 11) is 0. The summed E-state index contributed by atoms with van der Waals surface area (Å²) in [5.74, 6) is 2.18. The van der Waals surface area contributed by atoms with E-state index in [0.29, 0.717) is 0 Å². The molecule has 0 atom stereocenters. The fourth-order valence-electron chi connectivity index (χ4n) is 0.642. The second-order valence-electron chi connectivity index (χ2n) is 2.05. The Hall–Kier alpha value is -1.44. The van der Waals surface area contributed by atoms with Crippen molar-refractivity contribution in [2.75, 3.05) is 0 Å². The summed E-state index contributed by atoms with van der Waals surface area (Å²) >= 11 is 0. The number of H-pyrrole nitrogens is 1. The predicted octanol–water partition coefficient (Wildman–Crippen LogP) is 1.40. The highest BCUT2D eigenvalue weighted by atomic mass is 19.4. The van der Waals surface area contributed by atoms with E-state index in [9.17, 15) is 13.2 Å². The lowest BCUT2D eigenvalue weighted by molar-refractivity contribution is -0.141.